The summed E-state index contributed by atoms with van der Waals surface area (Å²) in [6.07, 6.45) is 0.891. The summed E-state index contributed by atoms with van der Waals surface area (Å²) in [5, 5.41) is 14.5. The van der Waals surface area contributed by atoms with Crippen LogP contribution in [0.5, 0.6) is 0 Å². The van der Waals surface area contributed by atoms with Crippen molar-refractivity contribution in [3.8, 4) is 0 Å². The highest BCUT2D eigenvalue weighted by Crippen LogP contribution is 2.10. The minimum Gasteiger partial charge on any atom is -0.411 e. The fraction of sp³-hybridized carbons (Fsp3) is 0.385. The quantitative estimate of drug-likeness (QED) is 0.352. The predicted molar refractivity (Wildman–Crippen MR) is 70.2 cm³/mol. The van der Waals surface area contributed by atoms with Gasteiger partial charge in [0, 0.05) is 12.3 Å². The molecule has 1 aromatic rings. The summed E-state index contributed by atoms with van der Waals surface area (Å²) in [7, 11) is 0. The van der Waals surface area contributed by atoms with Crippen molar-refractivity contribution in [3.63, 3.8) is 0 Å². The molecule has 0 saturated heterocycles. The summed E-state index contributed by atoms with van der Waals surface area (Å²) in [4.78, 5) is 11.5. The molecule has 18 heavy (non-hydrogen) atoms. The maximum absolute atomic E-state index is 11.5. The number of oxime groups is 1. The van der Waals surface area contributed by atoms with E-state index in [0.717, 1.165) is 12.0 Å². The topological polar surface area (TPSA) is 70.9 Å². The zero-order valence-corrected chi connectivity index (χ0v) is 10.6. The highest BCUT2D eigenvalue weighted by atomic mass is 16.5. The summed E-state index contributed by atoms with van der Waals surface area (Å²) >= 11 is 0. The average molecular weight is 250 g/mol. The molecule has 0 atom stereocenters. The van der Waals surface area contributed by atoms with E-state index in [4.69, 9.17) is 9.94 Å². The number of hydrogen-bond donors (Lipinski definition) is 2. The van der Waals surface area contributed by atoms with Gasteiger partial charge >= 0.3 is 0 Å². The molecule has 0 aliphatic heterocycles. The van der Waals surface area contributed by atoms with Crippen LogP contribution in [0.25, 0.3) is 0 Å². The first-order valence-corrected chi connectivity index (χ1v) is 5.84. The Kier molecular flexibility index (Phi) is 5.87. The molecule has 0 saturated carbocycles. The van der Waals surface area contributed by atoms with Gasteiger partial charge < -0.3 is 15.3 Å². The normalized spacial score (nSPS) is 11.3. The number of anilines is 1. The van der Waals surface area contributed by atoms with E-state index in [-0.39, 0.29) is 12.5 Å². The Bertz CT molecular complexity index is 413. The number of benzene rings is 1. The van der Waals surface area contributed by atoms with Crippen LogP contribution in [0.15, 0.2) is 29.4 Å². The molecule has 1 aromatic carbocycles. The minimum atomic E-state index is -0.177. The van der Waals surface area contributed by atoms with Crippen LogP contribution >= 0.6 is 0 Å². The minimum absolute atomic E-state index is 0.0622. The number of nitrogens with zero attached hydrogens (tertiary/aromatic N) is 1. The summed E-state index contributed by atoms with van der Waals surface area (Å²) < 4.78 is 5.13. The lowest BCUT2D eigenvalue weighted by molar-refractivity contribution is -0.120. The van der Waals surface area contributed by atoms with Gasteiger partial charge in [-0.3, -0.25) is 4.79 Å². The van der Waals surface area contributed by atoms with Crippen molar-refractivity contribution in [2.24, 2.45) is 5.16 Å². The lowest BCUT2D eigenvalue weighted by Gasteiger charge is -2.06. The Morgan fingerprint density at radius 2 is 2.06 bits per heavy atom. The van der Waals surface area contributed by atoms with Crippen LogP contribution in [0, 0.1) is 0 Å². The fourth-order valence-electron chi connectivity index (χ4n) is 1.36. The van der Waals surface area contributed by atoms with Crippen LogP contribution in [0.3, 0.4) is 0 Å². The van der Waals surface area contributed by atoms with Gasteiger partial charge in [-0.05, 0) is 31.0 Å². The van der Waals surface area contributed by atoms with Crippen LogP contribution in [0.2, 0.25) is 0 Å². The summed E-state index contributed by atoms with van der Waals surface area (Å²) in [5.41, 5.74) is 2.02. The van der Waals surface area contributed by atoms with Crippen molar-refractivity contribution in [3.05, 3.63) is 29.8 Å². The van der Waals surface area contributed by atoms with Gasteiger partial charge in [0.25, 0.3) is 0 Å². The molecular weight excluding hydrogens is 232 g/mol. The Balaban J connectivity index is 2.51. The highest BCUT2D eigenvalue weighted by Gasteiger charge is 2.03. The Morgan fingerprint density at radius 3 is 2.61 bits per heavy atom. The standard InChI is InChI=1S/C13H18N2O3/c1-3-8-18-9-13(16)14-12-6-4-11(5-7-12)10(2)15-17/h4-7,17H,3,8-9H2,1-2H3,(H,14,16)/b15-10+. The first-order valence-electron chi connectivity index (χ1n) is 5.84. The molecule has 0 aliphatic rings. The predicted octanol–water partition coefficient (Wildman–Crippen LogP) is 2.25. The maximum atomic E-state index is 11.5. The molecule has 1 rings (SSSR count). The zero-order chi connectivity index (χ0) is 13.4. The molecule has 0 spiro atoms. The number of carbonyl (C=O) groups excluding carboxylic acids is 1. The van der Waals surface area contributed by atoms with Gasteiger partial charge in [-0.15, -0.1) is 0 Å². The van der Waals surface area contributed by atoms with Gasteiger partial charge in [-0.25, -0.2) is 0 Å². The second-order valence-corrected chi connectivity index (χ2v) is 3.86. The lowest BCUT2D eigenvalue weighted by atomic mass is 10.1. The number of nitrogens with one attached hydrogen (secondary N) is 1. The number of carbonyl (C=O) groups is 1. The molecule has 5 nitrogen and oxygen atoms in total. The summed E-state index contributed by atoms with van der Waals surface area (Å²) in [6, 6.07) is 7.05. The van der Waals surface area contributed by atoms with Gasteiger partial charge in [0.15, 0.2) is 0 Å². The van der Waals surface area contributed by atoms with E-state index in [9.17, 15) is 4.79 Å². The zero-order valence-electron chi connectivity index (χ0n) is 10.6. The van der Waals surface area contributed by atoms with E-state index in [0.29, 0.717) is 18.0 Å². The highest BCUT2D eigenvalue weighted by molar-refractivity contribution is 5.99. The molecular formula is C13H18N2O3. The van der Waals surface area contributed by atoms with Crippen LogP contribution < -0.4 is 5.32 Å². The summed E-state index contributed by atoms with van der Waals surface area (Å²) in [5.74, 6) is -0.177. The molecule has 1 amide bonds. The molecule has 0 heterocycles. The molecule has 0 unspecified atom stereocenters. The molecule has 5 heteroatoms. The van der Waals surface area contributed by atoms with Gasteiger partial charge in [-0.2, -0.15) is 0 Å². The van der Waals surface area contributed by atoms with Gasteiger partial charge in [0.2, 0.25) is 5.91 Å². The monoisotopic (exact) mass is 250 g/mol. The molecule has 0 aliphatic carbocycles. The second kappa shape index (κ2) is 7.45. The van der Waals surface area contributed by atoms with Crippen molar-refractivity contribution in [2.45, 2.75) is 20.3 Å². The largest absolute Gasteiger partial charge is 0.411 e. The van der Waals surface area contributed by atoms with Gasteiger partial charge in [0.1, 0.15) is 6.61 Å². The molecule has 0 radical (unpaired) electrons. The van der Waals surface area contributed by atoms with E-state index in [1.165, 1.54) is 0 Å². The first-order chi connectivity index (χ1) is 8.67. The van der Waals surface area contributed by atoms with Gasteiger partial charge in [-0.1, -0.05) is 24.2 Å². The van der Waals surface area contributed by atoms with E-state index < -0.39 is 0 Å². The number of ether oxygens (including phenoxy) is 1. The van der Waals surface area contributed by atoms with Crippen molar-refractivity contribution >= 4 is 17.3 Å². The number of hydrogen-bond acceptors (Lipinski definition) is 4. The molecule has 0 fully saturated rings. The van der Waals surface area contributed by atoms with E-state index in [2.05, 4.69) is 10.5 Å². The van der Waals surface area contributed by atoms with Crippen LogP contribution in [0.4, 0.5) is 5.69 Å². The van der Waals surface area contributed by atoms with E-state index in [1.54, 1.807) is 31.2 Å². The number of amides is 1. The van der Waals surface area contributed by atoms with Crippen LogP contribution in [-0.4, -0.2) is 30.0 Å². The van der Waals surface area contributed by atoms with Crippen molar-refractivity contribution in [1.29, 1.82) is 0 Å². The van der Waals surface area contributed by atoms with E-state index in [1.807, 2.05) is 6.92 Å². The Morgan fingerprint density at radius 1 is 1.39 bits per heavy atom. The molecule has 0 bridgehead atoms. The molecule has 2 N–H and O–H groups in total. The summed E-state index contributed by atoms with van der Waals surface area (Å²) in [6.45, 7) is 4.33. The van der Waals surface area contributed by atoms with E-state index >= 15 is 0 Å². The molecule has 98 valence electrons. The lowest BCUT2D eigenvalue weighted by Crippen LogP contribution is -2.18. The van der Waals surface area contributed by atoms with Gasteiger partial charge in [0.05, 0.1) is 5.71 Å². The van der Waals surface area contributed by atoms with Crippen molar-refractivity contribution < 1.29 is 14.7 Å². The van der Waals surface area contributed by atoms with Crippen LogP contribution in [0.1, 0.15) is 25.8 Å². The van der Waals surface area contributed by atoms with Crippen molar-refractivity contribution in [2.75, 3.05) is 18.5 Å². The third-order valence-corrected chi connectivity index (χ3v) is 2.32. The average Bonchev–Trinajstić information content (AvgIpc) is 2.39. The van der Waals surface area contributed by atoms with Crippen LogP contribution in [-0.2, 0) is 9.53 Å². The third kappa shape index (κ3) is 4.55. The third-order valence-electron chi connectivity index (χ3n) is 2.32. The second-order valence-electron chi connectivity index (χ2n) is 3.86. The Hall–Kier alpha value is -1.88. The SMILES string of the molecule is CCCOCC(=O)Nc1ccc(/C(C)=N/O)cc1. The first kappa shape index (κ1) is 14.2. The number of rotatable bonds is 6. The fourth-order valence-corrected chi connectivity index (χ4v) is 1.36. The van der Waals surface area contributed by atoms with Crippen molar-refractivity contribution in [1.82, 2.24) is 0 Å². The Labute approximate surface area is 106 Å². The molecule has 0 aromatic heterocycles. The maximum Gasteiger partial charge on any atom is 0.250 e. The smallest absolute Gasteiger partial charge is 0.250 e.